The van der Waals surface area contributed by atoms with Gasteiger partial charge in [-0.15, -0.1) is 0 Å². The summed E-state index contributed by atoms with van der Waals surface area (Å²) in [4.78, 5) is 25.8. The van der Waals surface area contributed by atoms with Crippen LogP contribution in [0.25, 0.3) is 0 Å². The summed E-state index contributed by atoms with van der Waals surface area (Å²) in [5, 5.41) is 12.6. The van der Waals surface area contributed by atoms with Crippen LogP contribution in [0.3, 0.4) is 0 Å². The fourth-order valence-corrected chi connectivity index (χ4v) is 3.72. The first kappa shape index (κ1) is 16.1. The van der Waals surface area contributed by atoms with Crippen molar-refractivity contribution in [3.8, 4) is 0 Å². The summed E-state index contributed by atoms with van der Waals surface area (Å²) in [5.74, 6) is -0.877. The number of nitrogens with zero attached hydrogens (tertiary/aromatic N) is 1. The van der Waals surface area contributed by atoms with Gasteiger partial charge in [-0.3, -0.25) is 0 Å². The molecule has 1 aliphatic carbocycles. The van der Waals surface area contributed by atoms with E-state index in [-0.39, 0.29) is 18.2 Å². The molecule has 2 fully saturated rings. The molecule has 120 valence electrons. The Balaban J connectivity index is 2.02. The quantitative estimate of drug-likeness (QED) is 0.813. The number of hydrogen-bond donors (Lipinski definition) is 2. The number of urea groups is 1. The molecule has 3 unspecified atom stereocenters. The number of ether oxygens (including phenoxy) is 1. The van der Waals surface area contributed by atoms with E-state index in [1.165, 1.54) is 0 Å². The first-order valence-electron chi connectivity index (χ1n) is 7.88. The summed E-state index contributed by atoms with van der Waals surface area (Å²) in [6, 6.07) is -0.138. The summed E-state index contributed by atoms with van der Waals surface area (Å²) < 4.78 is 5.31. The van der Waals surface area contributed by atoms with Crippen LogP contribution in [0.5, 0.6) is 0 Å². The number of nitrogens with one attached hydrogen (secondary N) is 1. The van der Waals surface area contributed by atoms with E-state index >= 15 is 0 Å². The normalized spacial score (nSPS) is 32.4. The standard InChI is InChI=1S/C15H26N2O4/c1-3-7-15(13(18)19)8-4-9-17(15)14(20)16-11-5-6-12(10-11)21-2/h11-12H,3-10H2,1-2H3,(H,16,20)(H,18,19). The van der Waals surface area contributed by atoms with Crippen molar-refractivity contribution in [1.29, 1.82) is 0 Å². The molecule has 6 heteroatoms. The minimum Gasteiger partial charge on any atom is -0.479 e. The average Bonchev–Trinajstić information content (AvgIpc) is 3.06. The van der Waals surface area contributed by atoms with Gasteiger partial charge in [0.05, 0.1) is 6.10 Å². The number of methoxy groups -OCH3 is 1. The Morgan fingerprint density at radius 2 is 2.19 bits per heavy atom. The van der Waals surface area contributed by atoms with Gasteiger partial charge in [0.25, 0.3) is 0 Å². The third-order valence-electron chi connectivity index (χ3n) is 4.84. The van der Waals surface area contributed by atoms with E-state index in [0.717, 1.165) is 32.1 Å². The Labute approximate surface area is 125 Å². The van der Waals surface area contributed by atoms with E-state index in [4.69, 9.17) is 4.74 Å². The van der Waals surface area contributed by atoms with E-state index in [1.807, 2.05) is 6.92 Å². The third kappa shape index (κ3) is 3.15. The van der Waals surface area contributed by atoms with Gasteiger partial charge in [-0.05, 0) is 38.5 Å². The second-order valence-corrected chi connectivity index (χ2v) is 6.16. The highest BCUT2D eigenvalue weighted by atomic mass is 16.5. The molecule has 21 heavy (non-hydrogen) atoms. The van der Waals surface area contributed by atoms with Crippen LogP contribution in [0.2, 0.25) is 0 Å². The van der Waals surface area contributed by atoms with E-state index in [2.05, 4.69) is 5.32 Å². The third-order valence-corrected chi connectivity index (χ3v) is 4.84. The Bertz CT molecular complexity index is 401. The molecule has 3 atom stereocenters. The maximum absolute atomic E-state index is 12.5. The summed E-state index contributed by atoms with van der Waals surface area (Å²) >= 11 is 0. The number of rotatable bonds is 5. The van der Waals surface area contributed by atoms with Crippen LogP contribution < -0.4 is 5.32 Å². The predicted molar refractivity (Wildman–Crippen MR) is 78.2 cm³/mol. The molecule has 2 aliphatic rings. The summed E-state index contributed by atoms with van der Waals surface area (Å²) in [6.07, 6.45) is 5.43. The molecule has 1 aliphatic heterocycles. The van der Waals surface area contributed by atoms with Gasteiger partial charge in [0, 0.05) is 19.7 Å². The van der Waals surface area contributed by atoms with Gasteiger partial charge in [-0.1, -0.05) is 13.3 Å². The van der Waals surface area contributed by atoms with Gasteiger partial charge in [0.2, 0.25) is 0 Å². The van der Waals surface area contributed by atoms with Gasteiger partial charge in [0.1, 0.15) is 5.54 Å². The Kier molecular flexibility index (Phi) is 5.08. The molecule has 1 saturated heterocycles. The van der Waals surface area contributed by atoms with Crippen molar-refractivity contribution >= 4 is 12.0 Å². The first-order valence-corrected chi connectivity index (χ1v) is 7.88. The van der Waals surface area contributed by atoms with Crippen LogP contribution in [0.1, 0.15) is 51.9 Å². The molecule has 0 aromatic carbocycles. The highest BCUT2D eigenvalue weighted by molar-refractivity contribution is 5.87. The largest absolute Gasteiger partial charge is 0.479 e. The number of carboxylic acids is 1. The zero-order valence-corrected chi connectivity index (χ0v) is 12.9. The number of carbonyl (C=O) groups excluding carboxylic acids is 1. The van der Waals surface area contributed by atoms with Gasteiger partial charge in [-0.25, -0.2) is 9.59 Å². The molecule has 2 N–H and O–H groups in total. The minimum absolute atomic E-state index is 0.0937. The average molecular weight is 298 g/mol. The first-order chi connectivity index (χ1) is 10.0. The SMILES string of the molecule is CCCC1(C(=O)O)CCCN1C(=O)NC1CCC(OC)C1. The second-order valence-electron chi connectivity index (χ2n) is 6.16. The lowest BCUT2D eigenvalue weighted by Gasteiger charge is -2.35. The van der Waals surface area contributed by atoms with Crippen LogP contribution in [0, 0.1) is 0 Å². The van der Waals surface area contributed by atoms with Gasteiger partial charge in [-0.2, -0.15) is 0 Å². The minimum atomic E-state index is -1.02. The van der Waals surface area contributed by atoms with Gasteiger partial charge in [0.15, 0.2) is 0 Å². The van der Waals surface area contributed by atoms with Crippen molar-refractivity contribution < 1.29 is 19.4 Å². The lowest BCUT2D eigenvalue weighted by Crippen LogP contribution is -2.57. The molecular weight excluding hydrogens is 272 g/mol. The number of likely N-dealkylation sites (tertiary alicyclic amines) is 1. The van der Waals surface area contributed by atoms with E-state index in [1.54, 1.807) is 12.0 Å². The molecular formula is C15H26N2O4. The van der Waals surface area contributed by atoms with Crippen molar-refractivity contribution in [2.45, 2.75) is 69.6 Å². The maximum Gasteiger partial charge on any atom is 0.329 e. The van der Waals surface area contributed by atoms with E-state index < -0.39 is 11.5 Å². The van der Waals surface area contributed by atoms with Crippen LogP contribution in [-0.2, 0) is 9.53 Å². The van der Waals surface area contributed by atoms with Crippen molar-refractivity contribution in [2.75, 3.05) is 13.7 Å². The molecule has 2 amide bonds. The Morgan fingerprint density at radius 3 is 2.76 bits per heavy atom. The lowest BCUT2D eigenvalue weighted by atomic mass is 9.91. The number of carboxylic acid groups (broad SMARTS) is 1. The summed E-state index contributed by atoms with van der Waals surface area (Å²) in [7, 11) is 1.69. The molecule has 0 aromatic rings. The lowest BCUT2D eigenvalue weighted by molar-refractivity contribution is -0.148. The maximum atomic E-state index is 12.5. The Morgan fingerprint density at radius 1 is 1.43 bits per heavy atom. The van der Waals surface area contributed by atoms with Crippen LogP contribution in [0.15, 0.2) is 0 Å². The summed E-state index contributed by atoms with van der Waals surface area (Å²) in [5.41, 5.74) is -1.02. The molecule has 0 bridgehead atoms. The monoisotopic (exact) mass is 298 g/mol. The molecule has 0 spiro atoms. The van der Waals surface area contributed by atoms with Crippen molar-refractivity contribution in [3.63, 3.8) is 0 Å². The second kappa shape index (κ2) is 6.64. The highest BCUT2D eigenvalue weighted by Crippen LogP contribution is 2.34. The van der Waals surface area contributed by atoms with Crippen molar-refractivity contribution in [3.05, 3.63) is 0 Å². The zero-order chi connectivity index (χ0) is 15.5. The highest BCUT2D eigenvalue weighted by Gasteiger charge is 2.49. The molecule has 1 saturated carbocycles. The van der Waals surface area contributed by atoms with Crippen LogP contribution >= 0.6 is 0 Å². The topological polar surface area (TPSA) is 78.9 Å². The molecule has 1 heterocycles. The summed E-state index contributed by atoms with van der Waals surface area (Å²) in [6.45, 7) is 2.48. The fourth-order valence-electron chi connectivity index (χ4n) is 3.72. The van der Waals surface area contributed by atoms with Crippen molar-refractivity contribution in [1.82, 2.24) is 10.2 Å². The number of hydrogen-bond acceptors (Lipinski definition) is 3. The van der Waals surface area contributed by atoms with Gasteiger partial charge >= 0.3 is 12.0 Å². The van der Waals surface area contributed by atoms with Crippen molar-refractivity contribution in [2.24, 2.45) is 0 Å². The van der Waals surface area contributed by atoms with Gasteiger partial charge < -0.3 is 20.1 Å². The molecule has 6 nitrogen and oxygen atoms in total. The van der Waals surface area contributed by atoms with E-state index in [9.17, 15) is 14.7 Å². The molecule has 0 radical (unpaired) electrons. The van der Waals surface area contributed by atoms with E-state index in [0.29, 0.717) is 19.4 Å². The fraction of sp³-hybridized carbons (Fsp3) is 0.867. The van der Waals surface area contributed by atoms with Crippen LogP contribution in [-0.4, -0.2) is 53.3 Å². The number of carbonyl (C=O) groups is 2. The molecule has 2 rings (SSSR count). The van der Waals surface area contributed by atoms with Crippen LogP contribution in [0.4, 0.5) is 4.79 Å². The number of aliphatic carboxylic acids is 1. The Hall–Kier alpha value is -1.30. The molecule has 0 aromatic heterocycles. The smallest absolute Gasteiger partial charge is 0.329 e. The number of amides is 2. The predicted octanol–water partition coefficient (Wildman–Crippen LogP) is 1.98. The zero-order valence-electron chi connectivity index (χ0n) is 12.9.